The molecule has 1 aromatic rings. The summed E-state index contributed by atoms with van der Waals surface area (Å²) in [5, 5.41) is 14.5. The van der Waals surface area contributed by atoms with Crippen LogP contribution in [-0.2, 0) is 4.79 Å². The lowest BCUT2D eigenvalue weighted by Crippen LogP contribution is -2.48. The van der Waals surface area contributed by atoms with Gasteiger partial charge in [-0.3, -0.25) is 4.79 Å². The van der Waals surface area contributed by atoms with Crippen LogP contribution in [0.3, 0.4) is 0 Å². The van der Waals surface area contributed by atoms with Crippen LogP contribution in [0.15, 0.2) is 18.2 Å². The number of aromatic carboxylic acids is 1. The van der Waals surface area contributed by atoms with E-state index >= 15 is 0 Å². The molecule has 0 heterocycles. The molecule has 0 aromatic heterocycles. The van der Waals surface area contributed by atoms with E-state index < -0.39 is 11.5 Å². The summed E-state index contributed by atoms with van der Waals surface area (Å²) >= 11 is 0. The summed E-state index contributed by atoms with van der Waals surface area (Å²) in [4.78, 5) is 22.7. The van der Waals surface area contributed by atoms with E-state index in [9.17, 15) is 9.59 Å². The van der Waals surface area contributed by atoms with Crippen molar-refractivity contribution in [2.24, 2.45) is 0 Å². The number of nitrogens with one attached hydrogen (secondary N) is 2. The van der Waals surface area contributed by atoms with Crippen LogP contribution in [0.2, 0.25) is 0 Å². The largest absolute Gasteiger partial charge is 0.478 e. The van der Waals surface area contributed by atoms with Gasteiger partial charge < -0.3 is 15.7 Å². The van der Waals surface area contributed by atoms with E-state index in [2.05, 4.69) is 10.6 Å². The van der Waals surface area contributed by atoms with Gasteiger partial charge >= 0.3 is 5.97 Å². The van der Waals surface area contributed by atoms with Crippen LogP contribution >= 0.6 is 0 Å². The Morgan fingerprint density at radius 3 is 2.33 bits per heavy atom. The highest BCUT2D eigenvalue weighted by molar-refractivity contribution is 5.98. The fraction of sp³-hybridized carbons (Fsp3) is 0.385. The molecule has 5 heteroatoms. The van der Waals surface area contributed by atoms with Gasteiger partial charge in [0.15, 0.2) is 0 Å². The Hall–Kier alpha value is -1.88. The quantitative estimate of drug-likeness (QED) is 0.759. The predicted molar refractivity (Wildman–Crippen MR) is 69.9 cm³/mol. The average Bonchev–Trinajstić information content (AvgIpc) is 2.31. The number of amides is 1. The van der Waals surface area contributed by atoms with Crippen molar-refractivity contribution in [3.63, 3.8) is 0 Å². The Morgan fingerprint density at radius 2 is 1.89 bits per heavy atom. The Bertz CT molecular complexity index is 481. The summed E-state index contributed by atoms with van der Waals surface area (Å²) in [5.41, 5.74) is 0.861. The third-order valence-corrected chi connectivity index (χ3v) is 2.91. The Morgan fingerprint density at radius 1 is 1.28 bits per heavy atom. The lowest BCUT2D eigenvalue weighted by Gasteiger charge is -2.23. The van der Waals surface area contributed by atoms with E-state index in [1.54, 1.807) is 33.9 Å². The molecule has 0 fully saturated rings. The van der Waals surface area contributed by atoms with E-state index in [-0.39, 0.29) is 11.5 Å². The normalized spacial score (nSPS) is 11.1. The molecule has 18 heavy (non-hydrogen) atoms. The topological polar surface area (TPSA) is 78.4 Å². The maximum atomic E-state index is 11.9. The summed E-state index contributed by atoms with van der Waals surface area (Å²) < 4.78 is 0. The molecule has 0 atom stereocenters. The molecule has 0 spiro atoms. The Labute approximate surface area is 106 Å². The molecule has 1 aromatic carbocycles. The second-order valence-corrected chi connectivity index (χ2v) is 4.66. The van der Waals surface area contributed by atoms with E-state index in [4.69, 9.17) is 5.11 Å². The van der Waals surface area contributed by atoms with Crippen molar-refractivity contribution < 1.29 is 14.7 Å². The molecule has 0 radical (unpaired) electrons. The van der Waals surface area contributed by atoms with Crippen LogP contribution in [0.25, 0.3) is 0 Å². The Balaban J connectivity index is 2.93. The zero-order valence-electron chi connectivity index (χ0n) is 11.0. The van der Waals surface area contributed by atoms with Gasteiger partial charge in [-0.05, 0) is 51.6 Å². The van der Waals surface area contributed by atoms with Crippen molar-refractivity contribution in [2.75, 3.05) is 12.4 Å². The van der Waals surface area contributed by atoms with Crippen LogP contribution in [0.1, 0.15) is 29.8 Å². The van der Waals surface area contributed by atoms with E-state index in [0.717, 1.165) is 5.56 Å². The van der Waals surface area contributed by atoms with Gasteiger partial charge in [-0.1, -0.05) is 0 Å². The minimum Gasteiger partial charge on any atom is -0.478 e. The number of benzene rings is 1. The van der Waals surface area contributed by atoms with E-state index in [0.29, 0.717) is 5.69 Å². The zero-order valence-corrected chi connectivity index (χ0v) is 11.0. The fourth-order valence-corrected chi connectivity index (χ4v) is 1.33. The first kappa shape index (κ1) is 14.2. The maximum absolute atomic E-state index is 11.9. The van der Waals surface area contributed by atoms with Crippen molar-refractivity contribution >= 4 is 17.6 Å². The summed E-state index contributed by atoms with van der Waals surface area (Å²) in [6, 6.07) is 4.60. The van der Waals surface area contributed by atoms with Gasteiger partial charge in [-0.15, -0.1) is 0 Å². The molecule has 98 valence electrons. The standard InChI is InChI=1S/C13H18N2O3/c1-8-7-9(11(16)17)5-6-10(8)15-12(18)13(2,3)14-4/h5-7,14H,1-4H3,(H,15,18)(H,16,17). The first-order chi connectivity index (χ1) is 8.27. The molecule has 0 aliphatic carbocycles. The summed E-state index contributed by atoms with van der Waals surface area (Å²) in [5.74, 6) is -1.15. The summed E-state index contributed by atoms with van der Waals surface area (Å²) in [7, 11) is 1.71. The number of carboxylic acids is 1. The van der Waals surface area contributed by atoms with Crippen molar-refractivity contribution in [3.05, 3.63) is 29.3 Å². The molecule has 0 aliphatic heterocycles. The van der Waals surface area contributed by atoms with E-state index in [1.165, 1.54) is 12.1 Å². The van der Waals surface area contributed by atoms with Crippen LogP contribution in [0, 0.1) is 6.92 Å². The van der Waals surface area contributed by atoms with Gasteiger partial charge in [0, 0.05) is 5.69 Å². The molecule has 1 rings (SSSR count). The third kappa shape index (κ3) is 3.07. The number of hydrogen-bond acceptors (Lipinski definition) is 3. The highest BCUT2D eigenvalue weighted by atomic mass is 16.4. The van der Waals surface area contributed by atoms with Gasteiger partial charge in [0.05, 0.1) is 11.1 Å². The van der Waals surface area contributed by atoms with Gasteiger partial charge in [-0.25, -0.2) is 4.79 Å². The molecular weight excluding hydrogens is 232 g/mol. The number of aryl methyl sites for hydroxylation is 1. The predicted octanol–water partition coefficient (Wildman–Crippen LogP) is 1.63. The van der Waals surface area contributed by atoms with Crippen molar-refractivity contribution in [1.29, 1.82) is 0 Å². The minimum absolute atomic E-state index is 0.170. The molecule has 1 amide bonds. The van der Waals surface area contributed by atoms with Crippen molar-refractivity contribution in [3.8, 4) is 0 Å². The number of rotatable bonds is 4. The van der Waals surface area contributed by atoms with Crippen LogP contribution in [-0.4, -0.2) is 29.6 Å². The van der Waals surface area contributed by atoms with Gasteiger partial charge in [0.25, 0.3) is 0 Å². The monoisotopic (exact) mass is 250 g/mol. The highest BCUT2D eigenvalue weighted by Crippen LogP contribution is 2.18. The van der Waals surface area contributed by atoms with Gasteiger partial charge in [-0.2, -0.15) is 0 Å². The number of hydrogen-bond donors (Lipinski definition) is 3. The lowest BCUT2D eigenvalue weighted by atomic mass is 10.0. The van der Waals surface area contributed by atoms with Gasteiger partial charge in [0.2, 0.25) is 5.91 Å². The number of anilines is 1. The van der Waals surface area contributed by atoms with Gasteiger partial charge in [0.1, 0.15) is 0 Å². The second kappa shape index (κ2) is 5.18. The first-order valence-electron chi connectivity index (χ1n) is 5.62. The Kier molecular flexibility index (Phi) is 4.08. The van der Waals surface area contributed by atoms with Crippen LogP contribution in [0.5, 0.6) is 0 Å². The SMILES string of the molecule is CNC(C)(C)C(=O)Nc1ccc(C(=O)O)cc1C. The zero-order chi connectivity index (χ0) is 13.9. The summed E-state index contributed by atoms with van der Waals surface area (Å²) in [6.07, 6.45) is 0. The minimum atomic E-state index is -0.980. The van der Waals surface area contributed by atoms with Crippen molar-refractivity contribution in [1.82, 2.24) is 5.32 Å². The maximum Gasteiger partial charge on any atom is 0.335 e. The molecular formula is C13H18N2O3. The molecule has 3 N–H and O–H groups in total. The summed E-state index contributed by atoms with van der Waals surface area (Å²) in [6.45, 7) is 5.29. The molecule has 0 unspecified atom stereocenters. The van der Waals surface area contributed by atoms with Crippen LogP contribution in [0.4, 0.5) is 5.69 Å². The van der Waals surface area contributed by atoms with Crippen molar-refractivity contribution in [2.45, 2.75) is 26.3 Å². The van der Waals surface area contributed by atoms with E-state index in [1.807, 2.05) is 0 Å². The molecule has 0 saturated heterocycles. The fourth-order valence-electron chi connectivity index (χ4n) is 1.33. The van der Waals surface area contributed by atoms with Crippen LogP contribution < -0.4 is 10.6 Å². The smallest absolute Gasteiger partial charge is 0.335 e. The first-order valence-corrected chi connectivity index (χ1v) is 5.62. The molecule has 0 aliphatic rings. The molecule has 5 nitrogen and oxygen atoms in total. The molecule has 0 saturated carbocycles. The average molecular weight is 250 g/mol. The lowest BCUT2D eigenvalue weighted by molar-refractivity contribution is -0.121. The second-order valence-electron chi connectivity index (χ2n) is 4.66. The third-order valence-electron chi connectivity index (χ3n) is 2.91. The highest BCUT2D eigenvalue weighted by Gasteiger charge is 2.25. The number of likely N-dealkylation sites (N-methyl/N-ethyl adjacent to an activating group) is 1. The number of carbonyl (C=O) groups is 2. The molecule has 0 bridgehead atoms. The number of carboxylic acid groups (broad SMARTS) is 1. The number of carbonyl (C=O) groups excluding carboxylic acids is 1.